The Morgan fingerprint density at radius 1 is 1.00 bits per heavy atom. The van der Waals surface area contributed by atoms with E-state index in [-0.39, 0.29) is 17.4 Å². The first-order valence-electron chi connectivity index (χ1n) is 14.6. The molecule has 3 amide bonds. The second kappa shape index (κ2) is 15.4. The Balaban J connectivity index is 1.26. The molecular weight excluding hydrogens is 686 g/mol. The van der Waals surface area contributed by atoms with Crippen molar-refractivity contribution < 1.29 is 23.9 Å². The minimum atomic E-state index is -0.504. The van der Waals surface area contributed by atoms with Crippen molar-refractivity contribution in [2.24, 2.45) is 5.92 Å². The smallest absolute Gasteiger partial charge is 0.341 e. The number of amides is 3. The van der Waals surface area contributed by atoms with Gasteiger partial charge in [0.2, 0.25) is 5.91 Å². The van der Waals surface area contributed by atoms with Crippen LogP contribution in [0.1, 0.15) is 50.1 Å². The molecule has 236 valence electrons. The molecule has 1 heterocycles. The zero-order valence-electron chi connectivity index (χ0n) is 25.2. The van der Waals surface area contributed by atoms with Gasteiger partial charge in [-0.05, 0) is 84.8 Å². The molecule has 0 bridgehead atoms. The van der Waals surface area contributed by atoms with Gasteiger partial charge in [0.05, 0.1) is 18.4 Å². The monoisotopic (exact) mass is 717 g/mol. The molecule has 8 nitrogen and oxygen atoms in total. The zero-order valence-corrected chi connectivity index (χ0v) is 28.4. The summed E-state index contributed by atoms with van der Waals surface area (Å²) in [6.45, 7) is 2.19. The van der Waals surface area contributed by atoms with Gasteiger partial charge in [-0.3, -0.25) is 14.4 Å². The molecule has 3 aromatic carbocycles. The summed E-state index contributed by atoms with van der Waals surface area (Å²) in [7, 11) is 1.35. The lowest BCUT2D eigenvalue weighted by Gasteiger charge is -2.18. The van der Waals surface area contributed by atoms with Crippen molar-refractivity contribution in [3.05, 3.63) is 116 Å². The second-order valence-corrected chi connectivity index (χ2v) is 13.9. The number of rotatable bonds is 10. The molecule has 4 aromatic rings. The Labute approximate surface area is 284 Å². The lowest BCUT2D eigenvalue weighted by Crippen LogP contribution is -2.30. The van der Waals surface area contributed by atoms with Crippen molar-refractivity contribution in [3.63, 3.8) is 0 Å². The molecule has 1 atom stereocenters. The van der Waals surface area contributed by atoms with Gasteiger partial charge >= 0.3 is 5.97 Å². The van der Waals surface area contributed by atoms with Crippen molar-refractivity contribution in [1.29, 1.82) is 0 Å². The van der Waals surface area contributed by atoms with E-state index in [0.717, 1.165) is 44.6 Å². The maximum absolute atomic E-state index is 13.5. The Bertz CT molecular complexity index is 1800. The highest BCUT2D eigenvalue weighted by Crippen LogP contribution is 2.40. The fourth-order valence-electron chi connectivity index (χ4n) is 5.04. The van der Waals surface area contributed by atoms with Crippen molar-refractivity contribution in [2.75, 3.05) is 23.5 Å². The summed E-state index contributed by atoms with van der Waals surface area (Å²) in [5.74, 6) is -0.987. The molecule has 0 radical (unpaired) electrons. The molecule has 0 fully saturated rings. The maximum Gasteiger partial charge on any atom is 0.341 e. The van der Waals surface area contributed by atoms with Crippen LogP contribution in [0.15, 0.2) is 93.9 Å². The Morgan fingerprint density at radius 3 is 2.54 bits per heavy atom. The minimum Gasteiger partial charge on any atom is -0.465 e. The predicted molar refractivity (Wildman–Crippen MR) is 187 cm³/mol. The van der Waals surface area contributed by atoms with Crippen molar-refractivity contribution in [2.45, 2.75) is 31.1 Å². The van der Waals surface area contributed by atoms with Gasteiger partial charge in [0.25, 0.3) is 11.8 Å². The summed E-state index contributed by atoms with van der Waals surface area (Å²) in [5, 5.41) is 9.06. The van der Waals surface area contributed by atoms with Crippen LogP contribution >= 0.6 is 39.0 Å². The van der Waals surface area contributed by atoms with Gasteiger partial charge < -0.3 is 20.7 Å². The summed E-state index contributed by atoms with van der Waals surface area (Å²) in [5.41, 5.74) is 3.15. The fraction of sp³-hybridized carbons (Fsp3) is 0.200. The largest absolute Gasteiger partial charge is 0.465 e. The number of hydrogen-bond acceptors (Lipinski definition) is 7. The van der Waals surface area contributed by atoms with E-state index in [1.165, 1.54) is 30.2 Å². The Morgan fingerprint density at radius 2 is 1.78 bits per heavy atom. The summed E-state index contributed by atoms with van der Waals surface area (Å²) < 4.78 is 5.86. The normalized spacial score (nSPS) is 14.2. The van der Waals surface area contributed by atoms with Gasteiger partial charge in [0.1, 0.15) is 10.7 Å². The van der Waals surface area contributed by atoms with Crippen molar-refractivity contribution in [3.8, 4) is 0 Å². The first-order chi connectivity index (χ1) is 22.2. The van der Waals surface area contributed by atoms with Gasteiger partial charge in [-0.1, -0.05) is 59.3 Å². The van der Waals surface area contributed by atoms with Crippen LogP contribution in [0.25, 0.3) is 6.08 Å². The van der Waals surface area contributed by atoms with Crippen LogP contribution in [-0.4, -0.2) is 36.6 Å². The van der Waals surface area contributed by atoms with Gasteiger partial charge in [-0.25, -0.2) is 4.79 Å². The lowest BCUT2D eigenvalue weighted by molar-refractivity contribution is -0.114. The third-order valence-electron chi connectivity index (χ3n) is 7.30. The van der Waals surface area contributed by atoms with Crippen LogP contribution in [0.5, 0.6) is 0 Å². The van der Waals surface area contributed by atoms with E-state index in [0.29, 0.717) is 27.7 Å². The second-order valence-electron chi connectivity index (χ2n) is 10.8. The molecule has 46 heavy (non-hydrogen) atoms. The number of anilines is 2. The van der Waals surface area contributed by atoms with E-state index in [9.17, 15) is 19.2 Å². The highest BCUT2D eigenvalue weighted by molar-refractivity contribution is 9.10. The van der Waals surface area contributed by atoms with Gasteiger partial charge in [0, 0.05) is 25.5 Å². The topological polar surface area (TPSA) is 114 Å². The molecule has 3 N–H and O–H groups in total. The van der Waals surface area contributed by atoms with Crippen LogP contribution in [0.4, 0.5) is 10.7 Å². The Hall–Kier alpha value is -4.19. The number of ether oxygens (including phenoxy) is 1. The van der Waals surface area contributed by atoms with E-state index in [4.69, 9.17) is 4.74 Å². The Kier molecular flexibility index (Phi) is 11.1. The van der Waals surface area contributed by atoms with E-state index in [2.05, 4.69) is 38.8 Å². The van der Waals surface area contributed by atoms with Crippen LogP contribution in [0, 0.1) is 5.92 Å². The SMILES string of the molecule is COC(=O)c1c(NC(=O)CSc2cccc(NC(=O)/C(=C\c3cccc(Br)c3)NC(=O)c3ccccc3)c2)sc2c1CCC(C)C2. The van der Waals surface area contributed by atoms with E-state index >= 15 is 0 Å². The molecule has 1 unspecified atom stereocenters. The first kappa shape index (κ1) is 33.2. The third kappa shape index (κ3) is 8.54. The number of carbonyl (C=O) groups excluding carboxylic acids is 4. The van der Waals surface area contributed by atoms with Crippen LogP contribution in [-0.2, 0) is 27.2 Å². The van der Waals surface area contributed by atoms with E-state index < -0.39 is 17.8 Å². The number of benzene rings is 3. The number of hydrogen-bond donors (Lipinski definition) is 3. The molecule has 0 spiro atoms. The molecule has 0 saturated carbocycles. The highest BCUT2D eigenvalue weighted by atomic mass is 79.9. The standard InChI is InChI=1S/C35H32BrN3O5S2/c1-21-14-15-27-29(16-21)46-34(31(27)35(43)44-2)39-30(40)20-45-26-13-7-12-25(19-26)37-33(42)28(18-22-8-6-11-24(36)17-22)38-32(41)23-9-4-3-5-10-23/h3-13,17-19,21H,14-16,20H2,1-2H3,(H,37,42)(H,38,41)(H,39,40)/b28-18+. The number of nitrogens with one attached hydrogen (secondary N) is 3. The first-order valence-corrected chi connectivity index (χ1v) is 17.2. The summed E-state index contributed by atoms with van der Waals surface area (Å²) >= 11 is 6.19. The average molecular weight is 719 g/mol. The summed E-state index contributed by atoms with van der Waals surface area (Å²) in [6.07, 6.45) is 4.26. The molecule has 11 heteroatoms. The minimum absolute atomic E-state index is 0.0684. The number of methoxy groups -OCH3 is 1. The highest BCUT2D eigenvalue weighted by Gasteiger charge is 2.29. The number of carbonyl (C=O) groups is 4. The van der Waals surface area contributed by atoms with Gasteiger partial charge in [-0.15, -0.1) is 23.1 Å². The quantitative estimate of drug-likeness (QED) is 0.0887. The molecule has 0 saturated heterocycles. The molecule has 1 aliphatic carbocycles. The summed E-state index contributed by atoms with van der Waals surface area (Å²) in [4.78, 5) is 53.9. The molecule has 5 rings (SSSR count). The molecule has 1 aliphatic rings. The number of thiophene rings is 1. The van der Waals surface area contributed by atoms with Crippen molar-refractivity contribution >= 4 is 79.5 Å². The van der Waals surface area contributed by atoms with Crippen LogP contribution in [0.3, 0.4) is 0 Å². The summed E-state index contributed by atoms with van der Waals surface area (Å²) in [6, 6.07) is 23.1. The molecular formula is C35H32BrN3O5S2. The third-order valence-corrected chi connectivity index (χ3v) is 9.96. The van der Waals surface area contributed by atoms with Crippen LogP contribution < -0.4 is 16.0 Å². The number of thioether (sulfide) groups is 1. The van der Waals surface area contributed by atoms with E-state index in [1.807, 2.05) is 36.4 Å². The van der Waals surface area contributed by atoms with Gasteiger partial charge in [-0.2, -0.15) is 0 Å². The maximum atomic E-state index is 13.5. The van der Waals surface area contributed by atoms with Gasteiger partial charge in [0.15, 0.2) is 0 Å². The lowest BCUT2D eigenvalue weighted by atomic mass is 9.88. The van der Waals surface area contributed by atoms with E-state index in [1.54, 1.807) is 48.5 Å². The number of fused-ring (bicyclic) bond motifs is 1. The average Bonchev–Trinajstić information content (AvgIpc) is 3.40. The van der Waals surface area contributed by atoms with Crippen molar-refractivity contribution in [1.82, 2.24) is 5.32 Å². The predicted octanol–water partition coefficient (Wildman–Crippen LogP) is 7.56. The molecule has 1 aromatic heterocycles. The fourth-order valence-corrected chi connectivity index (χ4v) is 7.62. The zero-order chi connectivity index (χ0) is 32.6. The number of halogens is 1. The van der Waals surface area contributed by atoms with Crippen LogP contribution in [0.2, 0.25) is 0 Å². The molecule has 0 aliphatic heterocycles. The number of esters is 1.